The van der Waals surface area contributed by atoms with Crippen molar-refractivity contribution < 1.29 is 32.7 Å². The van der Waals surface area contributed by atoms with Gasteiger partial charge in [0.05, 0.1) is 6.04 Å². The molecule has 2 fully saturated rings. The standard InChI is InChI=1S/C22H28F2N4O5/c1-22(2,3)33-21(32)28-8-6-27(7-9-28)19-15(23)10-13(12-29)14(18(19)24)11-25-16-4-5-17(30)26-20(16)31/h10,12,16,25H,4-9,11H2,1-3H3,(H,26,30,31). The van der Waals surface area contributed by atoms with Gasteiger partial charge in [-0.2, -0.15) is 0 Å². The van der Waals surface area contributed by atoms with Crippen molar-refractivity contribution in [3.63, 3.8) is 0 Å². The van der Waals surface area contributed by atoms with Gasteiger partial charge in [-0.3, -0.25) is 19.7 Å². The van der Waals surface area contributed by atoms with Crippen molar-refractivity contribution >= 4 is 29.9 Å². The van der Waals surface area contributed by atoms with Gasteiger partial charge < -0.3 is 19.9 Å². The van der Waals surface area contributed by atoms with Crippen molar-refractivity contribution in [1.82, 2.24) is 15.5 Å². The molecule has 0 saturated carbocycles. The van der Waals surface area contributed by atoms with Crippen LogP contribution >= 0.6 is 0 Å². The lowest BCUT2D eigenvalue weighted by molar-refractivity contribution is -0.134. The zero-order chi connectivity index (χ0) is 24.3. The molecule has 1 unspecified atom stereocenters. The van der Waals surface area contributed by atoms with Crippen LogP contribution in [0.15, 0.2) is 6.07 Å². The number of piperidine rings is 1. The second-order valence-electron chi connectivity index (χ2n) is 9.05. The number of carbonyl (C=O) groups excluding carboxylic acids is 4. The number of hydrogen-bond acceptors (Lipinski definition) is 7. The highest BCUT2D eigenvalue weighted by atomic mass is 19.1. The Bertz CT molecular complexity index is 955. The number of benzene rings is 1. The molecule has 2 saturated heterocycles. The maximum Gasteiger partial charge on any atom is 0.410 e. The number of halogens is 2. The van der Waals surface area contributed by atoms with Gasteiger partial charge in [-0.1, -0.05) is 0 Å². The molecule has 0 spiro atoms. The van der Waals surface area contributed by atoms with Gasteiger partial charge in [-0.25, -0.2) is 13.6 Å². The highest BCUT2D eigenvalue weighted by Gasteiger charge is 2.31. The minimum atomic E-state index is -0.900. The third-order valence-electron chi connectivity index (χ3n) is 5.47. The molecule has 3 rings (SSSR count). The summed E-state index contributed by atoms with van der Waals surface area (Å²) in [7, 11) is 0. The molecule has 2 N–H and O–H groups in total. The molecule has 1 atom stereocenters. The highest BCUT2D eigenvalue weighted by molar-refractivity contribution is 6.00. The molecular weight excluding hydrogens is 438 g/mol. The molecule has 0 radical (unpaired) electrons. The van der Waals surface area contributed by atoms with Crippen LogP contribution in [-0.2, 0) is 20.9 Å². The monoisotopic (exact) mass is 466 g/mol. The van der Waals surface area contributed by atoms with Crippen molar-refractivity contribution in [2.75, 3.05) is 31.1 Å². The van der Waals surface area contributed by atoms with Crippen molar-refractivity contribution in [1.29, 1.82) is 0 Å². The molecule has 0 bridgehead atoms. The van der Waals surface area contributed by atoms with E-state index in [1.807, 2.05) is 0 Å². The third-order valence-corrected chi connectivity index (χ3v) is 5.47. The number of piperazine rings is 1. The Morgan fingerprint density at radius 3 is 2.48 bits per heavy atom. The van der Waals surface area contributed by atoms with E-state index >= 15 is 4.39 Å². The number of anilines is 1. The molecule has 2 heterocycles. The number of imide groups is 1. The molecule has 180 valence electrons. The lowest BCUT2D eigenvalue weighted by Gasteiger charge is -2.37. The highest BCUT2D eigenvalue weighted by Crippen LogP contribution is 2.30. The predicted molar refractivity (Wildman–Crippen MR) is 115 cm³/mol. The molecule has 9 nitrogen and oxygen atoms in total. The van der Waals surface area contributed by atoms with E-state index in [1.54, 1.807) is 20.8 Å². The summed E-state index contributed by atoms with van der Waals surface area (Å²) in [4.78, 5) is 49.9. The number of ether oxygens (including phenoxy) is 1. The number of rotatable bonds is 5. The minimum Gasteiger partial charge on any atom is -0.444 e. The average Bonchev–Trinajstić information content (AvgIpc) is 2.73. The zero-order valence-electron chi connectivity index (χ0n) is 18.9. The molecule has 0 aromatic heterocycles. The van der Waals surface area contributed by atoms with Crippen LogP contribution in [0.2, 0.25) is 0 Å². The largest absolute Gasteiger partial charge is 0.444 e. The van der Waals surface area contributed by atoms with Gasteiger partial charge in [0.1, 0.15) is 17.1 Å². The van der Waals surface area contributed by atoms with Crippen molar-refractivity contribution in [3.8, 4) is 0 Å². The van der Waals surface area contributed by atoms with Gasteiger partial charge in [0.2, 0.25) is 11.8 Å². The van der Waals surface area contributed by atoms with Gasteiger partial charge in [0.25, 0.3) is 0 Å². The van der Waals surface area contributed by atoms with Gasteiger partial charge >= 0.3 is 6.09 Å². The molecule has 1 aromatic rings. The minimum absolute atomic E-state index is 0.0688. The summed E-state index contributed by atoms with van der Waals surface area (Å²) in [5.74, 6) is -2.69. The topological polar surface area (TPSA) is 108 Å². The Kier molecular flexibility index (Phi) is 7.31. The van der Waals surface area contributed by atoms with Crippen molar-refractivity contribution in [2.24, 2.45) is 0 Å². The van der Waals surface area contributed by atoms with E-state index in [9.17, 15) is 23.6 Å². The second-order valence-corrected chi connectivity index (χ2v) is 9.05. The molecular formula is C22H28F2N4O5. The van der Waals surface area contributed by atoms with Gasteiger partial charge in [0, 0.05) is 50.3 Å². The van der Waals surface area contributed by atoms with Crippen LogP contribution in [0.25, 0.3) is 0 Å². The molecule has 0 aliphatic carbocycles. The summed E-state index contributed by atoms with van der Waals surface area (Å²) in [5, 5.41) is 5.04. The maximum absolute atomic E-state index is 15.4. The van der Waals surface area contributed by atoms with Crippen LogP contribution in [-0.4, -0.2) is 66.9 Å². The van der Waals surface area contributed by atoms with Gasteiger partial charge in [-0.15, -0.1) is 0 Å². The third kappa shape index (κ3) is 5.84. The molecule has 2 aliphatic rings. The zero-order valence-corrected chi connectivity index (χ0v) is 18.9. The lowest BCUT2D eigenvalue weighted by atomic mass is 10.0. The Balaban J connectivity index is 1.74. The van der Waals surface area contributed by atoms with Crippen LogP contribution in [0.4, 0.5) is 19.3 Å². The van der Waals surface area contributed by atoms with Crippen molar-refractivity contribution in [3.05, 3.63) is 28.8 Å². The number of amides is 3. The smallest absolute Gasteiger partial charge is 0.410 e. The number of carbonyl (C=O) groups is 4. The van der Waals surface area contributed by atoms with Crippen LogP contribution in [0, 0.1) is 11.6 Å². The number of aldehydes is 1. The predicted octanol–water partition coefficient (Wildman–Crippen LogP) is 1.73. The second kappa shape index (κ2) is 9.82. The number of nitrogens with one attached hydrogen (secondary N) is 2. The Labute approximate surface area is 190 Å². The SMILES string of the molecule is CC(C)(C)OC(=O)N1CCN(c2c(F)cc(C=O)c(CNC3CCC(=O)NC3=O)c2F)CC1. The molecule has 33 heavy (non-hydrogen) atoms. The van der Waals surface area contributed by atoms with Crippen LogP contribution in [0.5, 0.6) is 0 Å². The summed E-state index contributed by atoms with van der Waals surface area (Å²) in [6.45, 7) is 5.85. The fourth-order valence-corrected chi connectivity index (χ4v) is 3.79. The fourth-order valence-electron chi connectivity index (χ4n) is 3.79. The first-order valence-electron chi connectivity index (χ1n) is 10.8. The summed E-state index contributed by atoms with van der Waals surface area (Å²) in [6.07, 6.45) is 0.248. The molecule has 11 heteroatoms. The van der Waals surface area contributed by atoms with Crippen molar-refractivity contribution in [2.45, 2.75) is 51.8 Å². The fraction of sp³-hybridized carbons (Fsp3) is 0.545. The summed E-state index contributed by atoms with van der Waals surface area (Å²) < 4.78 is 35.5. The molecule has 3 amide bonds. The van der Waals surface area contributed by atoms with E-state index in [0.29, 0.717) is 6.29 Å². The summed E-state index contributed by atoms with van der Waals surface area (Å²) >= 11 is 0. The molecule has 1 aromatic carbocycles. The van der Waals surface area contributed by atoms with E-state index in [1.165, 1.54) is 9.80 Å². The van der Waals surface area contributed by atoms with E-state index in [0.717, 1.165) is 6.07 Å². The van der Waals surface area contributed by atoms with Crippen LogP contribution in [0.1, 0.15) is 49.5 Å². The summed E-state index contributed by atoms with van der Waals surface area (Å²) in [5.41, 5.74) is -1.17. The first-order valence-corrected chi connectivity index (χ1v) is 10.8. The van der Waals surface area contributed by atoms with E-state index in [4.69, 9.17) is 4.74 Å². The number of hydrogen-bond donors (Lipinski definition) is 2. The van der Waals surface area contributed by atoms with E-state index in [2.05, 4.69) is 10.6 Å². The van der Waals surface area contributed by atoms with E-state index in [-0.39, 0.29) is 68.3 Å². The number of nitrogens with zero attached hydrogens (tertiary/aromatic N) is 2. The van der Waals surface area contributed by atoms with Gasteiger partial charge in [-0.05, 0) is 33.3 Å². The normalized spacial score (nSPS) is 19.4. The van der Waals surface area contributed by atoms with Crippen LogP contribution in [0.3, 0.4) is 0 Å². The van der Waals surface area contributed by atoms with E-state index < -0.39 is 35.3 Å². The van der Waals surface area contributed by atoms with Crippen LogP contribution < -0.4 is 15.5 Å². The average molecular weight is 466 g/mol. The quantitative estimate of drug-likeness (QED) is 0.503. The first kappa shape index (κ1) is 24.6. The molecule has 2 aliphatic heterocycles. The Morgan fingerprint density at radius 1 is 1.24 bits per heavy atom. The van der Waals surface area contributed by atoms with Gasteiger partial charge in [0.15, 0.2) is 12.1 Å². The first-order chi connectivity index (χ1) is 15.5. The Hall–Kier alpha value is -3.08. The summed E-state index contributed by atoms with van der Waals surface area (Å²) in [6, 6.07) is 0.236. The lowest BCUT2D eigenvalue weighted by Crippen LogP contribution is -2.51. The Morgan fingerprint density at radius 2 is 1.91 bits per heavy atom. The maximum atomic E-state index is 15.4.